The van der Waals surface area contributed by atoms with Gasteiger partial charge < -0.3 is 9.80 Å². The Balaban J connectivity index is 1.78. The minimum Gasteiger partial charge on any atom is -0.366 e. The molecule has 0 bridgehead atoms. The van der Waals surface area contributed by atoms with E-state index in [4.69, 9.17) is 0 Å². The van der Waals surface area contributed by atoms with Gasteiger partial charge >= 0.3 is 0 Å². The Kier molecular flexibility index (Phi) is 2.93. The van der Waals surface area contributed by atoms with Crippen LogP contribution in [0.25, 0.3) is 0 Å². The molecule has 0 radical (unpaired) electrons. The van der Waals surface area contributed by atoms with Gasteiger partial charge in [-0.2, -0.15) is 0 Å². The molecular formula is C16H22N2OS. The van der Waals surface area contributed by atoms with Crippen LogP contribution in [-0.4, -0.2) is 46.6 Å². The van der Waals surface area contributed by atoms with Crippen molar-refractivity contribution in [1.82, 2.24) is 4.90 Å². The van der Waals surface area contributed by atoms with E-state index < -0.39 is 10.8 Å². The standard InChI is InChI=1S/C16H22N2OS/c1-11(2)17-7-6-14-13(10-17)12-4-3-5-15-16(12)18(14)8-9-20(15)19/h3-5,11,13-14H,6-10H2,1-2H3. The van der Waals surface area contributed by atoms with Gasteiger partial charge in [-0.3, -0.25) is 4.21 Å². The molecule has 1 aromatic rings. The van der Waals surface area contributed by atoms with Gasteiger partial charge in [-0.05, 0) is 31.9 Å². The number of hydrogen-bond donors (Lipinski definition) is 0. The van der Waals surface area contributed by atoms with Crippen molar-refractivity contribution in [1.29, 1.82) is 0 Å². The Morgan fingerprint density at radius 3 is 2.95 bits per heavy atom. The van der Waals surface area contributed by atoms with Crippen molar-refractivity contribution in [3.8, 4) is 0 Å². The molecule has 3 aliphatic heterocycles. The summed E-state index contributed by atoms with van der Waals surface area (Å²) >= 11 is 0. The summed E-state index contributed by atoms with van der Waals surface area (Å²) in [7, 11) is -0.792. The number of rotatable bonds is 1. The Morgan fingerprint density at radius 1 is 1.30 bits per heavy atom. The Bertz CT molecular complexity index is 572. The van der Waals surface area contributed by atoms with Crippen molar-refractivity contribution in [3.05, 3.63) is 23.8 Å². The number of fused-ring (bicyclic) bond motifs is 3. The second-order valence-corrected chi connectivity index (χ2v) is 8.03. The smallest absolute Gasteiger partial charge is 0.0625 e. The van der Waals surface area contributed by atoms with Gasteiger partial charge in [0.25, 0.3) is 0 Å². The first-order valence-corrected chi connectivity index (χ1v) is 9.00. The maximum absolute atomic E-state index is 12.3. The third-order valence-electron chi connectivity index (χ3n) is 5.22. The molecule has 3 aliphatic rings. The first-order valence-electron chi connectivity index (χ1n) is 7.69. The van der Waals surface area contributed by atoms with Crippen LogP contribution >= 0.6 is 0 Å². The number of piperidine rings is 1. The summed E-state index contributed by atoms with van der Waals surface area (Å²) in [6.07, 6.45) is 1.24. The molecule has 0 aromatic heterocycles. The zero-order chi connectivity index (χ0) is 13.9. The molecule has 0 amide bonds. The van der Waals surface area contributed by atoms with Gasteiger partial charge in [0.05, 0.1) is 21.4 Å². The highest BCUT2D eigenvalue weighted by Gasteiger charge is 2.45. The van der Waals surface area contributed by atoms with Crippen LogP contribution in [0.3, 0.4) is 0 Å². The van der Waals surface area contributed by atoms with Crippen LogP contribution in [0.4, 0.5) is 5.69 Å². The second kappa shape index (κ2) is 4.57. The van der Waals surface area contributed by atoms with Crippen LogP contribution in [0.2, 0.25) is 0 Å². The van der Waals surface area contributed by atoms with Crippen molar-refractivity contribution in [2.45, 2.75) is 43.2 Å². The molecule has 3 unspecified atom stereocenters. The van der Waals surface area contributed by atoms with Gasteiger partial charge in [0, 0.05) is 43.4 Å². The number of benzene rings is 1. The molecule has 20 heavy (non-hydrogen) atoms. The summed E-state index contributed by atoms with van der Waals surface area (Å²) in [5, 5.41) is 0. The predicted molar refractivity (Wildman–Crippen MR) is 82.9 cm³/mol. The molecule has 3 atom stereocenters. The van der Waals surface area contributed by atoms with Crippen molar-refractivity contribution >= 4 is 16.5 Å². The Morgan fingerprint density at radius 2 is 2.15 bits per heavy atom. The monoisotopic (exact) mass is 290 g/mol. The summed E-state index contributed by atoms with van der Waals surface area (Å²) in [5.41, 5.74) is 2.77. The molecular weight excluding hydrogens is 268 g/mol. The maximum atomic E-state index is 12.3. The highest BCUT2D eigenvalue weighted by atomic mass is 32.2. The lowest BCUT2D eigenvalue weighted by atomic mass is 9.88. The van der Waals surface area contributed by atoms with E-state index >= 15 is 0 Å². The zero-order valence-electron chi connectivity index (χ0n) is 12.2. The fourth-order valence-corrected chi connectivity index (χ4v) is 5.44. The number of nitrogens with zero attached hydrogens (tertiary/aromatic N) is 2. The minimum atomic E-state index is -0.792. The molecule has 4 heteroatoms. The molecule has 4 rings (SSSR count). The lowest BCUT2D eigenvalue weighted by Crippen LogP contribution is -2.49. The quantitative estimate of drug-likeness (QED) is 0.792. The number of para-hydroxylation sites is 1. The summed E-state index contributed by atoms with van der Waals surface area (Å²) in [4.78, 5) is 6.24. The molecule has 1 saturated heterocycles. The van der Waals surface area contributed by atoms with E-state index in [0.717, 1.165) is 23.7 Å². The molecule has 0 aliphatic carbocycles. The van der Waals surface area contributed by atoms with E-state index in [1.165, 1.54) is 24.2 Å². The molecule has 1 fully saturated rings. The van der Waals surface area contributed by atoms with E-state index in [1.54, 1.807) is 0 Å². The molecule has 3 nitrogen and oxygen atoms in total. The van der Waals surface area contributed by atoms with Gasteiger partial charge in [-0.1, -0.05) is 12.1 Å². The van der Waals surface area contributed by atoms with Crippen LogP contribution < -0.4 is 4.90 Å². The van der Waals surface area contributed by atoms with Crippen LogP contribution in [0, 0.1) is 0 Å². The zero-order valence-corrected chi connectivity index (χ0v) is 13.0. The molecule has 108 valence electrons. The highest BCUT2D eigenvalue weighted by molar-refractivity contribution is 7.85. The number of anilines is 1. The van der Waals surface area contributed by atoms with Gasteiger partial charge in [0.15, 0.2) is 0 Å². The SMILES string of the molecule is CC(C)N1CCC2C(C1)c1cccc3c1N2CCS3=O. The maximum Gasteiger partial charge on any atom is 0.0625 e. The Hall–Kier alpha value is -0.870. The molecule has 0 saturated carbocycles. The lowest BCUT2D eigenvalue weighted by Gasteiger charge is -2.41. The number of hydrogen-bond acceptors (Lipinski definition) is 3. The normalized spacial score (nSPS) is 32.4. The van der Waals surface area contributed by atoms with Gasteiger partial charge in [0.1, 0.15) is 0 Å². The Labute approximate surface area is 123 Å². The van der Waals surface area contributed by atoms with Crippen LogP contribution in [0.1, 0.15) is 31.7 Å². The van der Waals surface area contributed by atoms with Crippen LogP contribution in [0.5, 0.6) is 0 Å². The van der Waals surface area contributed by atoms with E-state index in [9.17, 15) is 4.21 Å². The topological polar surface area (TPSA) is 23.6 Å². The summed E-state index contributed by atoms with van der Waals surface area (Å²) in [6.45, 7) is 7.90. The van der Waals surface area contributed by atoms with E-state index in [0.29, 0.717) is 18.0 Å². The molecule has 0 spiro atoms. The molecule has 3 heterocycles. The average Bonchev–Trinajstić information content (AvgIpc) is 2.78. The second-order valence-electron chi connectivity index (χ2n) is 6.49. The minimum absolute atomic E-state index is 0.608. The summed E-state index contributed by atoms with van der Waals surface area (Å²) in [6, 6.07) is 7.70. The fourth-order valence-electron chi connectivity index (χ4n) is 4.18. The number of likely N-dealkylation sites (tertiary alicyclic amines) is 1. The third kappa shape index (κ3) is 1.70. The van der Waals surface area contributed by atoms with Crippen molar-refractivity contribution in [2.75, 3.05) is 30.3 Å². The van der Waals surface area contributed by atoms with Gasteiger partial charge in [-0.25, -0.2) is 0 Å². The van der Waals surface area contributed by atoms with E-state index in [-0.39, 0.29) is 0 Å². The van der Waals surface area contributed by atoms with Gasteiger partial charge in [-0.15, -0.1) is 0 Å². The molecule has 0 N–H and O–H groups in total. The average molecular weight is 290 g/mol. The lowest BCUT2D eigenvalue weighted by molar-refractivity contribution is 0.157. The third-order valence-corrected chi connectivity index (χ3v) is 6.59. The van der Waals surface area contributed by atoms with Crippen molar-refractivity contribution < 1.29 is 4.21 Å². The fraction of sp³-hybridized carbons (Fsp3) is 0.625. The first kappa shape index (κ1) is 12.8. The predicted octanol–water partition coefficient (Wildman–Crippen LogP) is 2.19. The van der Waals surface area contributed by atoms with E-state index in [2.05, 4.69) is 41.8 Å². The first-order chi connectivity index (χ1) is 9.66. The van der Waals surface area contributed by atoms with Crippen molar-refractivity contribution in [3.63, 3.8) is 0 Å². The highest BCUT2D eigenvalue weighted by Crippen LogP contribution is 2.48. The summed E-state index contributed by atoms with van der Waals surface area (Å²) in [5.74, 6) is 1.41. The molecule has 1 aromatic carbocycles. The largest absolute Gasteiger partial charge is 0.366 e. The van der Waals surface area contributed by atoms with Gasteiger partial charge in [0.2, 0.25) is 0 Å². The van der Waals surface area contributed by atoms with Crippen molar-refractivity contribution in [2.24, 2.45) is 0 Å². The van der Waals surface area contributed by atoms with E-state index in [1.807, 2.05) is 0 Å². The summed E-state index contributed by atoms with van der Waals surface area (Å²) < 4.78 is 12.3. The van der Waals surface area contributed by atoms with Crippen LogP contribution in [-0.2, 0) is 10.8 Å². The van der Waals surface area contributed by atoms with Crippen LogP contribution in [0.15, 0.2) is 23.1 Å².